The number of hydrogen-bond donors (Lipinski definition) is 0. The van der Waals surface area contributed by atoms with Crippen molar-refractivity contribution in [3.63, 3.8) is 0 Å². The third-order valence-electron chi connectivity index (χ3n) is 6.41. The lowest BCUT2D eigenvalue weighted by Crippen LogP contribution is -2.51. The summed E-state index contributed by atoms with van der Waals surface area (Å²) in [5.74, 6) is 0.572. The molecule has 0 aliphatic carbocycles. The van der Waals surface area contributed by atoms with Gasteiger partial charge in [-0.3, -0.25) is 9.80 Å². The largest absolute Gasteiger partial charge is 0.298 e. The van der Waals surface area contributed by atoms with E-state index >= 15 is 0 Å². The van der Waals surface area contributed by atoms with Crippen LogP contribution in [0.4, 0.5) is 4.39 Å². The zero-order valence-corrected chi connectivity index (χ0v) is 17.1. The van der Waals surface area contributed by atoms with Crippen LogP contribution in [0.3, 0.4) is 0 Å². The van der Waals surface area contributed by atoms with Crippen LogP contribution in [-0.4, -0.2) is 62.2 Å². The highest BCUT2D eigenvalue weighted by molar-refractivity contribution is 5.26. The van der Waals surface area contributed by atoms with Gasteiger partial charge in [0.15, 0.2) is 5.82 Å². The van der Waals surface area contributed by atoms with Crippen molar-refractivity contribution < 1.29 is 4.39 Å². The third-order valence-corrected chi connectivity index (χ3v) is 6.41. The Labute approximate surface area is 176 Å². The molecule has 30 heavy (non-hydrogen) atoms. The van der Waals surface area contributed by atoms with Crippen LogP contribution in [0.5, 0.6) is 0 Å². The van der Waals surface area contributed by atoms with Gasteiger partial charge >= 0.3 is 0 Å². The number of benzene rings is 2. The smallest absolute Gasteiger partial charge is 0.173 e. The standard InChI is InChI=1S/C23H27FN6/c24-20-9-4-8-19(16-20)22(29-15-14-28-12-5-10-21(28)17-29)23-25-26-27-30(23)13-11-18-6-2-1-3-7-18/h1-4,6-9,16,21-22H,5,10-15,17H2/t21-,22-/m1/s1. The maximum absolute atomic E-state index is 14.1. The number of nitrogens with zero attached hydrogens (tertiary/aromatic N) is 6. The zero-order chi connectivity index (χ0) is 20.3. The van der Waals surface area contributed by atoms with E-state index in [4.69, 9.17) is 0 Å². The Bertz CT molecular complexity index is 975. The lowest BCUT2D eigenvalue weighted by atomic mass is 10.0. The molecule has 0 unspecified atom stereocenters. The SMILES string of the molecule is Fc1cccc([C@H](c2nnnn2CCc2ccccc2)N2CCN3CCC[C@@H]3C2)c1. The van der Waals surface area contributed by atoms with Crippen molar-refractivity contribution >= 4 is 0 Å². The molecular weight excluding hydrogens is 379 g/mol. The van der Waals surface area contributed by atoms with E-state index in [2.05, 4.69) is 37.5 Å². The summed E-state index contributed by atoms with van der Waals surface area (Å²) in [6.07, 6.45) is 3.34. The molecule has 0 bridgehead atoms. The van der Waals surface area contributed by atoms with Crippen molar-refractivity contribution in [2.45, 2.75) is 37.9 Å². The summed E-state index contributed by atoms with van der Waals surface area (Å²) < 4.78 is 16.0. The molecule has 0 saturated carbocycles. The van der Waals surface area contributed by atoms with Gasteiger partial charge in [-0.05, 0) is 59.5 Å². The van der Waals surface area contributed by atoms with E-state index in [9.17, 15) is 4.39 Å². The fourth-order valence-electron chi connectivity index (χ4n) is 4.90. The van der Waals surface area contributed by atoms with Gasteiger partial charge < -0.3 is 0 Å². The second-order valence-electron chi connectivity index (χ2n) is 8.28. The van der Waals surface area contributed by atoms with Crippen molar-refractivity contribution in [3.05, 3.63) is 77.4 Å². The first-order chi connectivity index (χ1) is 14.8. The second-order valence-corrected chi connectivity index (χ2v) is 8.28. The molecule has 1 aromatic heterocycles. The summed E-state index contributed by atoms with van der Waals surface area (Å²) >= 11 is 0. The molecule has 0 amide bonds. The Morgan fingerprint density at radius 1 is 1.03 bits per heavy atom. The molecule has 7 heteroatoms. The van der Waals surface area contributed by atoms with E-state index in [1.807, 2.05) is 28.9 Å². The average Bonchev–Trinajstić information content (AvgIpc) is 3.42. The topological polar surface area (TPSA) is 50.1 Å². The highest BCUT2D eigenvalue weighted by Gasteiger charge is 2.36. The number of fused-ring (bicyclic) bond motifs is 1. The Hall–Kier alpha value is -2.64. The van der Waals surface area contributed by atoms with Gasteiger partial charge in [0.05, 0.1) is 6.04 Å². The molecule has 0 spiro atoms. The van der Waals surface area contributed by atoms with Crippen molar-refractivity contribution in [1.82, 2.24) is 30.0 Å². The number of piperazine rings is 1. The average molecular weight is 407 g/mol. The van der Waals surface area contributed by atoms with E-state index in [1.165, 1.54) is 31.0 Å². The summed E-state index contributed by atoms with van der Waals surface area (Å²) in [7, 11) is 0. The zero-order valence-electron chi connectivity index (χ0n) is 17.1. The van der Waals surface area contributed by atoms with Gasteiger partial charge in [0.1, 0.15) is 5.82 Å². The summed E-state index contributed by atoms with van der Waals surface area (Å²) in [5, 5.41) is 12.7. The number of hydrogen-bond acceptors (Lipinski definition) is 5. The fraction of sp³-hybridized carbons (Fsp3) is 0.435. The number of tetrazole rings is 1. The predicted octanol–water partition coefficient (Wildman–Crippen LogP) is 2.92. The fourth-order valence-corrected chi connectivity index (χ4v) is 4.90. The molecule has 2 saturated heterocycles. The van der Waals surface area contributed by atoms with Crippen molar-refractivity contribution in [2.24, 2.45) is 0 Å². The Morgan fingerprint density at radius 2 is 1.93 bits per heavy atom. The number of aromatic nitrogens is 4. The maximum atomic E-state index is 14.1. The normalized spacial score (nSPS) is 20.9. The molecule has 3 aromatic rings. The second kappa shape index (κ2) is 8.62. The summed E-state index contributed by atoms with van der Waals surface area (Å²) in [6.45, 7) is 4.83. The number of halogens is 1. The van der Waals surface area contributed by atoms with E-state index in [0.29, 0.717) is 12.6 Å². The molecule has 2 fully saturated rings. The van der Waals surface area contributed by atoms with Gasteiger partial charge in [-0.1, -0.05) is 42.5 Å². The summed E-state index contributed by atoms with van der Waals surface area (Å²) in [5.41, 5.74) is 2.16. The number of aryl methyl sites for hydroxylation is 2. The first-order valence-corrected chi connectivity index (χ1v) is 10.8. The Kier molecular flexibility index (Phi) is 5.55. The van der Waals surface area contributed by atoms with E-state index < -0.39 is 0 Å². The van der Waals surface area contributed by atoms with Crippen LogP contribution in [0.25, 0.3) is 0 Å². The minimum Gasteiger partial charge on any atom is -0.298 e. The highest BCUT2D eigenvalue weighted by Crippen LogP contribution is 2.32. The van der Waals surface area contributed by atoms with Crippen LogP contribution in [0.1, 0.15) is 35.8 Å². The highest BCUT2D eigenvalue weighted by atomic mass is 19.1. The van der Waals surface area contributed by atoms with Gasteiger partial charge in [0, 0.05) is 32.2 Å². The minimum absolute atomic E-state index is 0.144. The molecule has 3 heterocycles. The minimum atomic E-state index is -0.222. The van der Waals surface area contributed by atoms with Gasteiger partial charge in [-0.2, -0.15) is 0 Å². The van der Waals surface area contributed by atoms with E-state index in [1.54, 1.807) is 12.1 Å². The molecule has 6 nitrogen and oxygen atoms in total. The lowest BCUT2D eigenvalue weighted by molar-refractivity contribution is 0.0792. The molecule has 2 aliphatic heterocycles. The van der Waals surface area contributed by atoms with Crippen molar-refractivity contribution in [3.8, 4) is 0 Å². The van der Waals surface area contributed by atoms with Crippen LogP contribution in [0.2, 0.25) is 0 Å². The molecule has 0 radical (unpaired) electrons. The number of rotatable bonds is 6. The molecule has 156 valence electrons. The predicted molar refractivity (Wildman–Crippen MR) is 112 cm³/mol. The van der Waals surface area contributed by atoms with Crippen LogP contribution < -0.4 is 0 Å². The molecule has 2 aliphatic rings. The van der Waals surface area contributed by atoms with Gasteiger partial charge in [-0.25, -0.2) is 9.07 Å². The molecule has 2 aromatic carbocycles. The van der Waals surface area contributed by atoms with Gasteiger partial charge in [-0.15, -0.1) is 5.10 Å². The first kappa shape index (κ1) is 19.3. The molecule has 2 atom stereocenters. The third kappa shape index (κ3) is 4.00. The van der Waals surface area contributed by atoms with Gasteiger partial charge in [0.2, 0.25) is 0 Å². The van der Waals surface area contributed by atoms with Crippen molar-refractivity contribution in [2.75, 3.05) is 26.2 Å². The molecule has 5 rings (SSSR count). The molecule has 0 N–H and O–H groups in total. The van der Waals surface area contributed by atoms with Crippen LogP contribution in [0.15, 0.2) is 54.6 Å². The van der Waals surface area contributed by atoms with Crippen LogP contribution in [0, 0.1) is 5.82 Å². The monoisotopic (exact) mass is 406 g/mol. The van der Waals surface area contributed by atoms with E-state index in [-0.39, 0.29) is 11.9 Å². The first-order valence-electron chi connectivity index (χ1n) is 10.8. The van der Waals surface area contributed by atoms with E-state index in [0.717, 1.165) is 37.4 Å². The maximum Gasteiger partial charge on any atom is 0.173 e. The lowest BCUT2D eigenvalue weighted by Gasteiger charge is -2.41. The Balaban J connectivity index is 1.44. The van der Waals surface area contributed by atoms with Crippen LogP contribution >= 0.6 is 0 Å². The van der Waals surface area contributed by atoms with Crippen molar-refractivity contribution in [1.29, 1.82) is 0 Å². The molecular formula is C23H27FN6. The summed E-state index contributed by atoms with van der Waals surface area (Å²) in [6, 6.07) is 17.7. The van der Waals surface area contributed by atoms with Gasteiger partial charge in [0.25, 0.3) is 0 Å². The summed E-state index contributed by atoms with van der Waals surface area (Å²) in [4.78, 5) is 5.02. The quantitative estimate of drug-likeness (QED) is 0.630. The Morgan fingerprint density at radius 3 is 2.80 bits per heavy atom. The van der Waals surface area contributed by atoms with Crippen LogP contribution in [-0.2, 0) is 13.0 Å².